The Morgan fingerprint density at radius 2 is 2.00 bits per heavy atom. The van der Waals surface area contributed by atoms with E-state index in [-0.39, 0.29) is 0 Å². The van der Waals surface area contributed by atoms with Crippen LogP contribution in [0.4, 0.5) is 17.1 Å². The summed E-state index contributed by atoms with van der Waals surface area (Å²) in [6.07, 6.45) is 0. The molecule has 0 heterocycles. The van der Waals surface area contributed by atoms with Gasteiger partial charge >= 0.3 is 0 Å². The molecule has 0 amide bonds. The fraction of sp³-hybridized carbons (Fsp3) is 0.133. The third-order valence-electron chi connectivity index (χ3n) is 2.94. The van der Waals surface area contributed by atoms with Crippen molar-refractivity contribution in [2.45, 2.75) is 6.92 Å². The summed E-state index contributed by atoms with van der Waals surface area (Å²) < 4.78 is 5.28. The second kappa shape index (κ2) is 5.72. The minimum atomic E-state index is 0.491. The quantitative estimate of drug-likeness (QED) is 0.841. The normalized spacial score (nSPS) is 9.90. The Bertz CT molecular complexity index is 692. The number of halogens is 1. The van der Waals surface area contributed by atoms with Crippen molar-refractivity contribution >= 4 is 28.7 Å². The maximum atomic E-state index is 8.89. The molecule has 5 heteroatoms. The molecule has 2 rings (SSSR count). The number of nitriles is 1. The largest absolute Gasteiger partial charge is 0.495 e. The molecule has 0 spiro atoms. The molecule has 0 aromatic heterocycles. The predicted molar refractivity (Wildman–Crippen MR) is 81.6 cm³/mol. The molecule has 0 unspecified atom stereocenters. The summed E-state index contributed by atoms with van der Waals surface area (Å²) in [7, 11) is 1.56. The van der Waals surface area contributed by atoms with Crippen LogP contribution in [0.3, 0.4) is 0 Å². The molecule has 4 nitrogen and oxygen atoms in total. The lowest BCUT2D eigenvalue weighted by atomic mass is 10.1. The lowest BCUT2D eigenvalue weighted by molar-refractivity contribution is 0.416. The Morgan fingerprint density at radius 1 is 1.25 bits per heavy atom. The Balaban J connectivity index is 2.40. The van der Waals surface area contributed by atoms with Crippen LogP contribution in [0.2, 0.25) is 5.02 Å². The van der Waals surface area contributed by atoms with Crippen molar-refractivity contribution in [2.24, 2.45) is 0 Å². The first kappa shape index (κ1) is 14.0. The third kappa shape index (κ3) is 2.79. The Kier molecular flexibility index (Phi) is 4.02. The van der Waals surface area contributed by atoms with Gasteiger partial charge in [0, 0.05) is 11.8 Å². The molecule has 102 valence electrons. The Morgan fingerprint density at radius 3 is 2.65 bits per heavy atom. The summed E-state index contributed by atoms with van der Waals surface area (Å²) in [6, 6.07) is 10.8. The fourth-order valence-corrected chi connectivity index (χ4v) is 2.01. The van der Waals surface area contributed by atoms with Gasteiger partial charge in [-0.05, 0) is 36.8 Å². The zero-order valence-corrected chi connectivity index (χ0v) is 12.0. The van der Waals surface area contributed by atoms with Crippen molar-refractivity contribution < 1.29 is 4.74 Å². The van der Waals surface area contributed by atoms with Gasteiger partial charge in [-0.25, -0.2) is 0 Å². The van der Waals surface area contributed by atoms with Crippen molar-refractivity contribution in [3.63, 3.8) is 0 Å². The average Bonchev–Trinajstić information content (AvgIpc) is 2.45. The highest BCUT2D eigenvalue weighted by Crippen LogP contribution is 2.33. The van der Waals surface area contributed by atoms with Crippen LogP contribution in [0.5, 0.6) is 5.75 Å². The van der Waals surface area contributed by atoms with Gasteiger partial charge in [0.05, 0.1) is 35.1 Å². The predicted octanol–water partition coefficient (Wildman–Crippen LogP) is 3.85. The number of nitrogens with one attached hydrogen (secondary N) is 1. The molecule has 0 fully saturated rings. The number of hydrogen-bond acceptors (Lipinski definition) is 4. The first-order valence-corrected chi connectivity index (χ1v) is 6.33. The van der Waals surface area contributed by atoms with E-state index in [9.17, 15) is 0 Å². The second-order valence-electron chi connectivity index (χ2n) is 4.34. The van der Waals surface area contributed by atoms with Crippen molar-refractivity contribution in [3.8, 4) is 11.8 Å². The lowest BCUT2D eigenvalue weighted by Crippen LogP contribution is -1.98. The van der Waals surface area contributed by atoms with Gasteiger partial charge in [0.15, 0.2) is 0 Å². The van der Waals surface area contributed by atoms with E-state index in [1.54, 1.807) is 37.4 Å². The van der Waals surface area contributed by atoms with Gasteiger partial charge in [0.1, 0.15) is 5.75 Å². The topological polar surface area (TPSA) is 71.1 Å². The highest BCUT2D eigenvalue weighted by molar-refractivity contribution is 6.33. The number of aryl methyl sites for hydroxylation is 1. The third-order valence-corrected chi connectivity index (χ3v) is 3.27. The molecule has 0 radical (unpaired) electrons. The van der Waals surface area contributed by atoms with Crippen LogP contribution in [-0.4, -0.2) is 7.11 Å². The average molecular weight is 288 g/mol. The molecule has 0 aliphatic rings. The van der Waals surface area contributed by atoms with Crippen LogP contribution < -0.4 is 15.8 Å². The summed E-state index contributed by atoms with van der Waals surface area (Å²) in [6.45, 7) is 1.94. The molecular weight excluding hydrogens is 274 g/mol. The molecule has 2 aromatic rings. The molecule has 0 saturated carbocycles. The lowest BCUT2D eigenvalue weighted by Gasteiger charge is -2.14. The van der Waals surface area contributed by atoms with Crippen LogP contribution in [0.25, 0.3) is 0 Å². The molecule has 2 aromatic carbocycles. The van der Waals surface area contributed by atoms with E-state index in [1.165, 1.54) is 0 Å². The molecule has 0 bridgehead atoms. The van der Waals surface area contributed by atoms with Gasteiger partial charge in [0.2, 0.25) is 0 Å². The number of nitrogens with zero attached hydrogens (tertiary/aromatic N) is 1. The van der Waals surface area contributed by atoms with E-state index in [0.717, 1.165) is 16.9 Å². The van der Waals surface area contributed by atoms with Crippen LogP contribution in [0.1, 0.15) is 11.1 Å². The Hall–Kier alpha value is -2.38. The van der Waals surface area contributed by atoms with Gasteiger partial charge in [-0.15, -0.1) is 0 Å². The first-order valence-electron chi connectivity index (χ1n) is 5.96. The second-order valence-corrected chi connectivity index (χ2v) is 4.75. The fourth-order valence-electron chi connectivity index (χ4n) is 1.85. The van der Waals surface area contributed by atoms with E-state index in [2.05, 4.69) is 11.4 Å². The number of methoxy groups -OCH3 is 1. The van der Waals surface area contributed by atoms with Crippen LogP contribution >= 0.6 is 11.6 Å². The highest BCUT2D eigenvalue weighted by Gasteiger charge is 2.08. The van der Waals surface area contributed by atoms with Gasteiger partial charge in [-0.3, -0.25) is 0 Å². The standard InChI is InChI=1S/C15H14ClN3O/c1-9-5-12(18)11(16)7-14(9)19-13-4-3-10(8-17)6-15(13)20-2/h3-7,19H,18H2,1-2H3. The van der Waals surface area contributed by atoms with Crippen molar-refractivity contribution in [2.75, 3.05) is 18.2 Å². The summed E-state index contributed by atoms with van der Waals surface area (Å²) in [5.41, 5.74) is 9.41. The summed E-state index contributed by atoms with van der Waals surface area (Å²) in [5, 5.41) is 12.6. The van der Waals surface area contributed by atoms with Crippen molar-refractivity contribution in [1.29, 1.82) is 5.26 Å². The number of nitrogen functional groups attached to an aromatic ring is 1. The van der Waals surface area contributed by atoms with E-state index >= 15 is 0 Å². The zero-order valence-electron chi connectivity index (χ0n) is 11.2. The zero-order chi connectivity index (χ0) is 14.7. The minimum absolute atomic E-state index is 0.491. The molecule has 0 aliphatic carbocycles. The first-order chi connectivity index (χ1) is 9.55. The number of rotatable bonds is 3. The van der Waals surface area contributed by atoms with Gasteiger partial charge in [-0.2, -0.15) is 5.26 Å². The van der Waals surface area contributed by atoms with E-state index in [1.807, 2.05) is 6.92 Å². The van der Waals surface area contributed by atoms with Crippen LogP contribution in [0, 0.1) is 18.3 Å². The summed E-state index contributed by atoms with van der Waals surface area (Å²) >= 11 is 6.03. The van der Waals surface area contributed by atoms with Crippen LogP contribution in [0.15, 0.2) is 30.3 Å². The molecule has 20 heavy (non-hydrogen) atoms. The number of benzene rings is 2. The number of hydrogen-bond donors (Lipinski definition) is 2. The molecule has 0 atom stereocenters. The molecule has 0 saturated heterocycles. The maximum absolute atomic E-state index is 8.89. The van der Waals surface area contributed by atoms with Gasteiger partial charge in [-0.1, -0.05) is 11.6 Å². The number of nitrogens with two attached hydrogens (primary N) is 1. The smallest absolute Gasteiger partial charge is 0.143 e. The highest BCUT2D eigenvalue weighted by atomic mass is 35.5. The van der Waals surface area contributed by atoms with Gasteiger partial charge in [0.25, 0.3) is 0 Å². The maximum Gasteiger partial charge on any atom is 0.143 e. The van der Waals surface area contributed by atoms with Crippen LogP contribution in [-0.2, 0) is 0 Å². The SMILES string of the molecule is COc1cc(C#N)ccc1Nc1cc(Cl)c(N)cc1C. The molecule has 3 N–H and O–H groups in total. The molecular formula is C15H14ClN3O. The monoisotopic (exact) mass is 287 g/mol. The Labute approximate surface area is 122 Å². The number of anilines is 3. The van der Waals surface area contributed by atoms with E-state index < -0.39 is 0 Å². The number of ether oxygens (including phenoxy) is 1. The summed E-state index contributed by atoms with van der Waals surface area (Å²) in [4.78, 5) is 0. The minimum Gasteiger partial charge on any atom is -0.495 e. The van der Waals surface area contributed by atoms with E-state index in [0.29, 0.717) is 22.0 Å². The van der Waals surface area contributed by atoms with Crippen molar-refractivity contribution in [1.82, 2.24) is 0 Å². The van der Waals surface area contributed by atoms with Crippen molar-refractivity contribution in [3.05, 3.63) is 46.5 Å². The molecule has 0 aliphatic heterocycles. The van der Waals surface area contributed by atoms with E-state index in [4.69, 9.17) is 27.3 Å². The summed E-state index contributed by atoms with van der Waals surface area (Å²) in [5.74, 6) is 0.594. The van der Waals surface area contributed by atoms with Gasteiger partial charge < -0.3 is 15.8 Å².